The third kappa shape index (κ3) is 1.63. The number of furan rings is 1. The molecule has 74 valence electrons. The van der Waals surface area contributed by atoms with E-state index >= 15 is 0 Å². The summed E-state index contributed by atoms with van der Waals surface area (Å²) in [4.78, 5) is 11.1. The molecule has 0 aliphatic heterocycles. The van der Waals surface area contributed by atoms with Gasteiger partial charge in [-0.05, 0) is 18.2 Å². The van der Waals surface area contributed by atoms with E-state index in [4.69, 9.17) is 9.15 Å². The van der Waals surface area contributed by atoms with Crippen LogP contribution in [0.25, 0.3) is 6.08 Å². The van der Waals surface area contributed by atoms with Gasteiger partial charge in [-0.3, -0.25) is 4.79 Å². The van der Waals surface area contributed by atoms with Gasteiger partial charge in [0.05, 0.1) is 6.26 Å². The number of Topliss-reactive ketones (excluding diaryl/α,β-unsaturated/α-hetero) is 1. The molecule has 1 aliphatic carbocycles. The fourth-order valence-corrected chi connectivity index (χ4v) is 1.61. The first-order valence-corrected chi connectivity index (χ1v) is 4.58. The van der Waals surface area contributed by atoms with Crippen molar-refractivity contribution in [1.82, 2.24) is 0 Å². The molecule has 0 spiro atoms. The Morgan fingerprint density at radius 2 is 2.50 bits per heavy atom. The summed E-state index contributed by atoms with van der Waals surface area (Å²) in [6.45, 7) is 0. The van der Waals surface area contributed by atoms with Crippen molar-refractivity contribution in [3.05, 3.63) is 30.2 Å². The number of hydrogen-bond acceptors (Lipinski definition) is 3. The lowest BCUT2D eigenvalue weighted by molar-refractivity contribution is -0.142. The minimum Gasteiger partial charge on any atom is -0.465 e. The molecule has 0 saturated heterocycles. The minimum atomic E-state index is -0.249. The van der Waals surface area contributed by atoms with E-state index in [1.165, 1.54) is 0 Å². The van der Waals surface area contributed by atoms with Crippen molar-refractivity contribution in [2.24, 2.45) is 5.92 Å². The number of carbonyl (C=O) groups excluding carboxylic acids is 1. The Bertz CT molecular complexity index is 337. The molecule has 2 atom stereocenters. The van der Waals surface area contributed by atoms with Gasteiger partial charge in [0.25, 0.3) is 0 Å². The van der Waals surface area contributed by atoms with E-state index in [1.54, 1.807) is 13.4 Å². The fourth-order valence-electron chi connectivity index (χ4n) is 1.61. The molecule has 0 bridgehead atoms. The maximum Gasteiger partial charge on any atom is 0.162 e. The first-order chi connectivity index (χ1) is 6.81. The van der Waals surface area contributed by atoms with E-state index in [9.17, 15) is 4.79 Å². The summed E-state index contributed by atoms with van der Waals surface area (Å²) in [6.07, 6.45) is 5.80. The summed E-state index contributed by atoms with van der Waals surface area (Å²) in [5.74, 6) is 1.19. The number of ether oxygens (including phenoxy) is 1. The summed E-state index contributed by atoms with van der Waals surface area (Å²) in [5.41, 5.74) is 0. The van der Waals surface area contributed by atoms with E-state index < -0.39 is 0 Å². The zero-order valence-electron chi connectivity index (χ0n) is 7.97. The lowest BCUT2D eigenvalue weighted by Gasteiger charge is -2.31. The molecule has 1 heterocycles. The van der Waals surface area contributed by atoms with Crippen molar-refractivity contribution < 1.29 is 13.9 Å². The van der Waals surface area contributed by atoms with E-state index in [0.29, 0.717) is 6.42 Å². The maximum atomic E-state index is 11.1. The number of carbonyl (C=O) groups is 1. The van der Waals surface area contributed by atoms with Gasteiger partial charge >= 0.3 is 0 Å². The standard InChI is InChI=1S/C11H12O3/c1-13-11-8(7-10(11)12)4-5-9-3-2-6-14-9/h2-6,8,11H,7H2,1H3/b5-4+/t8-,11-/m0/s1. The average Bonchev–Trinajstić information content (AvgIpc) is 2.65. The maximum absolute atomic E-state index is 11.1. The third-order valence-electron chi connectivity index (χ3n) is 2.45. The van der Waals surface area contributed by atoms with Gasteiger partial charge in [0.15, 0.2) is 5.78 Å². The molecule has 2 rings (SSSR count). The molecule has 1 fully saturated rings. The molecule has 0 unspecified atom stereocenters. The van der Waals surface area contributed by atoms with E-state index in [0.717, 1.165) is 5.76 Å². The zero-order valence-corrected chi connectivity index (χ0v) is 7.97. The van der Waals surface area contributed by atoms with Gasteiger partial charge in [-0.1, -0.05) is 6.08 Å². The topological polar surface area (TPSA) is 39.4 Å². The molecule has 0 amide bonds. The third-order valence-corrected chi connectivity index (χ3v) is 2.45. The van der Waals surface area contributed by atoms with Gasteiger partial charge in [-0.15, -0.1) is 0 Å². The van der Waals surface area contributed by atoms with Crippen molar-refractivity contribution >= 4 is 11.9 Å². The van der Waals surface area contributed by atoms with Crippen LogP contribution in [0.15, 0.2) is 28.9 Å². The van der Waals surface area contributed by atoms with E-state index in [2.05, 4.69) is 0 Å². The first-order valence-electron chi connectivity index (χ1n) is 4.58. The van der Waals surface area contributed by atoms with Gasteiger partial charge in [0, 0.05) is 19.4 Å². The second kappa shape index (κ2) is 3.80. The lowest BCUT2D eigenvalue weighted by Crippen LogP contribution is -2.42. The second-order valence-electron chi connectivity index (χ2n) is 3.37. The number of hydrogen-bond donors (Lipinski definition) is 0. The molecule has 1 saturated carbocycles. The Labute approximate surface area is 82.4 Å². The molecule has 3 heteroatoms. The summed E-state index contributed by atoms with van der Waals surface area (Å²) < 4.78 is 10.2. The predicted molar refractivity (Wildman–Crippen MR) is 51.7 cm³/mol. The van der Waals surface area contributed by atoms with Crippen LogP contribution in [0.1, 0.15) is 12.2 Å². The van der Waals surface area contributed by atoms with Gasteiger partial charge in [0.1, 0.15) is 11.9 Å². The van der Waals surface area contributed by atoms with Gasteiger partial charge in [-0.2, -0.15) is 0 Å². The fraction of sp³-hybridized carbons (Fsp3) is 0.364. The van der Waals surface area contributed by atoms with Crippen LogP contribution in [0, 0.1) is 5.92 Å². The molecular weight excluding hydrogens is 180 g/mol. The SMILES string of the molecule is CO[C@@H]1C(=O)C[C@@H]1/C=C/c1ccco1. The van der Waals surface area contributed by atoms with Crippen LogP contribution in [-0.4, -0.2) is 19.0 Å². The van der Waals surface area contributed by atoms with E-state index in [1.807, 2.05) is 24.3 Å². The Morgan fingerprint density at radius 1 is 1.64 bits per heavy atom. The van der Waals surface area contributed by atoms with Crippen LogP contribution >= 0.6 is 0 Å². The Morgan fingerprint density at radius 3 is 3.07 bits per heavy atom. The number of methoxy groups -OCH3 is 1. The Hall–Kier alpha value is -1.35. The highest BCUT2D eigenvalue weighted by atomic mass is 16.5. The summed E-state index contributed by atoms with van der Waals surface area (Å²) >= 11 is 0. The average molecular weight is 192 g/mol. The second-order valence-corrected chi connectivity index (χ2v) is 3.37. The molecule has 1 aliphatic rings. The summed E-state index contributed by atoms with van der Waals surface area (Å²) in [5, 5.41) is 0. The molecule has 14 heavy (non-hydrogen) atoms. The van der Waals surface area contributed by atoms with Crippen molar-refractivity contribution in [3.8, 4) is 0 Å². The van der Waals surface area contributed by atoms with Crippen LogP contribution in [0.3, 0.4) is 0 Å². The Balaban J connectivity index is 1.96. The van der Waals surface area contributed by atoms with Crippen LogP contribution < -0.4 is 0 Å². The van der Waals surface area contributed by atoms with Crippen LogP contribution in [-0.2, 0) is 9.53 Å². The molecular formula is C11H12O3. The van der Waals surface area contributed by atoms with Crippen LogP contribution in [0.2, 0.25) is 0 Å². The van der Waals surface area contributed by atoms with Crippen LogP contribution in [0.4, 0.5) is 0 Å². The van der Waals surface area contributed by atoms with Crippen molar-refractivity contribution in [2.45, 2.75) is 12.5 Å². The van der Waals surface area contributed by atoms with Crippen molar-refractivity contribution in [2.75, 3.05) is 7.11 Å². The number of rotatable bonds is 3. The smallest absolute Gasteiger partial charge is 0.162 e. The van der Waals surface area contributed by atoms with Crippen LogP contribution in [0.5, 0.6) is 0 Å². The van der Waals surface area contributed by atoms with Gasteiger partial charge in [-0.25, -0.2) is 0 Å². The largest absolute Gasteiger partial charge is 0.465 e. The van der Waals surface area contributed by atoms with Crippen molar-refractivity contribution in [3.63, 3.8) is 0 Å². The summed E-state index contributed by atoms with van der Waals surface area (Å²) in [7, 11) is 1.56. The highest BCUT2D eigenvalue weighted by Gasteiger charge is 2.37. The molecule has 1 aromatic rings. The quantitative estimate of drug-likeness (QED) is 0.734. The molecule has 0 N–H and O–H groups in total. The predicted octanol–water partition coefficient (Wildman–Crippen LogP) is 1.90. The highest BCUT2D eigenvalue weighted by Crippen LogP contribution is 2.28. The number of ketones is 1. The van der Waals surface area contributed by atoms with Gasteiger partial charge in [0.2, 0.25) is 0 Å². The summed E-state index contributed by atoms with van der Waals surface area (Å²) in [6, 6.07) is 3.71. The highest BCUT2D eigenvalue weighted by molar-refractivity contribution is 5.90. The van der Waals surface area contributed by atoms with Gasteiger partial charge < -0.3 is 9.15 Å². The normalized spacial score (nSPS) is 26.8. The Kier molecular flexibility index (Phi) is 2.50. The first kappa shape index (κ1) is 9.21. The van der Waals surface area contributed by atoms with Crippen molar-refractivity contribution in [1.29, 1.82) is 0 Å². The molecule has 0 aromatic carbocycles. The monoisotopic (exact) mass is 192 g/mol. The molecule has 1 aromatic heterocycles. The zero-order chi connectivity index (χ0) is 9.97. The molecule has 3 nitrogen and oxygen atoms in total. The molecule has 0 radical (unpaired) electrons. The van der Waals surface area contributed by atoms with E-state index in [-0.39, 0.29) is 17.8 Å². The minimum absolute atomic E-state index is 0.182. The lowest BCUT2D eigenvalue weighted by atomic mass is 9.80.